The zero-order chi connectivity index (χ0) is 13.5. The van der Waals surface area contributed by atoms with Crippen LogP contribution in [0.5, 0.6) is 0 Å². The molecule has 0 saturated heterocycles. The average molecular weight is 270 g/mol. The standard InChI is InChI=1S/C6H15N4O6P/c7-6(8)10-2-1-9-4(5(11)12)3-16-17(13,14)15/h4,9H,1-3H2,(H,11,12)(H4,7,8,10)(H2,13,14,15). The molecule has 0 aromatic heterocycles. The monoisotopic (exact) mass is 270 g/mol. The van der Waals surface area contributed by atoms with Gasteiger partial charge in [0.2, 0.25) is 0 Å². The molecule has 0 heterocycles. The SMILES string of the molecule is NC(N)=NCCNC(COP(=O)(O)O)C(=O)O. The van der Waals surface area contributed by atoms with Gasteiger partial charge >= 0.3 is 13.8 Å². The molecule has 0 aromatic carbocycles. The first-order valence-corrected chi connectivity index (χ1v) is 5.97. The van der Waals surface area contributed by atoms with E-state index in [9.17, 15) is 9.36 Å². The van der Waals surface area contributed by atoms with Crippen LogP contribution in [0.1, 0.15) is 0 Å². The molecule has 0 amide bonds. The largest absolute Gasteiger partial charge is 0.480 e. The molecule has 0 radical (unpaired) electrons. The Bertz CT molecular complexity index is 324. The minimum Gasteiger partial charge on any atom is -0.480 e. The second kappa shape index (κ2) is 7.20. The lowest BCUT2D eigenvalue weighted by Crippen LogP contribution is -2.41. The summed E-state index contributed by atoms with van der Waals surface area (Å²) in [6, 6.07) is -1.25. The van der Waals surface area contributed by atoms with Gasteiger partial charge in [-0.3, -0.25) is 14.3 Å². The zero-order valence-electron chi connectivity index (χ0n) is 8.81. The molecule has 0 aliphatic carbocycles. The van der Waals surface area contributed by atoms with Gasteiger partial charge in [0.05, 0.1) is 13.2 Å². The van der Waals surface area contributed by atoms with E-state index in [1.807, 2.05) is 0 Å². The topological polar surface area (TPSA) is 180 Å². The number of nitrogens with zero attached hydrogens (tertiary/aromatic N) is 1. The van der Waals surface area contributed by atoms with Crippen LogP contribution in [-0.2, 0) is 13.9 Å². The molecule has 11 heteroatoms. The molecule has 0 spiro atoms. The molecule has 0 rings (SSSR count). The molecular formula is C6H15N4O6P. The van der Waals surface area contributed by atoms with Gasteiger partial charge in [-0.2, -0.15) is 0 Å². The lowest BCUT2D eigenvalue weighted by Gasteiger charge is -2.14. The molecule has 0 aromatic rings. The Kier molecular flexibility index (Phi) is 6.69. The summed E-state index contributed by atoms with van der Waals surface area (Å²) < 4.78 is 14.4. The van der Waals surface area contributed by atoms with Crippen LogP contribution in [0.15, 0.2) is 4.99 Å². The van der Waals surface area contributed by atoms with E-state index in [0.29, 0.717) is 0 Å². The Balaban J connectivity index is 4.04. The zero-order valence-corrected chi connectivity index (χ0v) is 9.71. The molecule has 1 atom stereocenters. The quantitative estimate of drug-likeness (QED) is 0.119. The Morgan fingerprint density at radius 3 is 2.47 bits per heavy atom. The molecule has 1 unspecified atom stereocenters. The van der Waals surface area contributed by atoms with Crippen molar-refractivity contribution < 1.29 is 28.8 Å². The van der Waals surface area contributed by atoms with E-state index in [1.54, 1.807) is 0 Å². The molecule has 0 fully saturated rings. The second-order valence-corrected chi connectivity index (χ2v) is 4.18. The second-order valence-electron chi connectivity index (χ2n) is 2.94. The van der Waals surface area contributed by atoms with Crippen LogP contribution in [0, 0.1) is 0 Å². The lowest BCUT2D eigenvalue weighted by atomic mass is 10.3. The number of nitrogens with two attached hydrogens (primary N) is 2. The summed E-state index contributed by atoms with van der Waals surface area (Å²) in [5, 5.41) is 11.2. The maximum atomic E-state index is 10.7. The van der Waals surface area contributed by atoms with Gasteiger partial charge in [-0.25, -0.2) is 4.57 Å². The highest BCUT2D eigenvalue weighted by molar-refractivity contribution is 7.46. The summed E-state index contributed by atoms with van der Waals surface area (Å²) in [5.41, 5.74) is 10.1. The Morgan fingerprint density at radius 1 is 1.47 bits per heavy atom. The number of rotatable bonds is 8. The number of phosphoric ester groups is 1. The first kappa shape index (κ1) is 15.8. The minimum atomic E-state index is -4.68. The van der Waals surface area contributed by atoms with Crippen LogP contribution in [0.3, 0.4) is 0 Å². The summed E-state index contributed by atoms with van der Waals surface area (Å²) >= 11 is 0. The van der Waals surface area contributed by atoms with E-state index in [2.05, 4.69) is 14.8 Å². The van der Waals surface area contributed by atoms with Crippen molar-refractivity contribution in [1.29, 1.82) is 0 Å². The van der Waals surface area contributed by atoms with Crippen molar-refractivity contribution in [2.24, 2.45) is 16.5 Å². The van der Waals surface area contributed by atoms with Crippen molar-refractivity contribution in [3.8, 4) is 0 Å². The van der Waals surface area contributed by atoms with Crippen molar-refractivity contribution in [3.63, 3.8) is 0 Å². The fourth-order valence-electron chi connectivity index (χ4n) is 0.813. The fraction of sp³-hybridized carbons (Fsp3) is 0.667. The predicted octanol–water partition coefficient (Wildman–Crippen LogP) is -2.59. The Hall–Kier alpha value is -1.19. The summed E-state index contributed by atoms with van der Waals surface area (Å²) in [5.74, 6) is -1.44. The normalized spacial score (nSPS) is 13.1. The van der Waals surface area contributed by atoms with Crippen molar-refractivity contribution in [3.05, 3.63) is 0 Å². The van der Waals surface area contributed by atoms with Gasteiger partial charge in [-0.05, 0) is 0 Å². The van der Waals surface area contributed by atoms with Gasteiger partial charge in [-0.15, -0.1) is 0 Å². The van der Waals surface area contributed by atoms with Crippen molar-refractivity contribution in [1.82, 2.24) is 5.32 Å². The van der Waals surface area contributed by atoms with Crippen LogP contribution < -0.4 is 16.8 Å². The van der Waals surface area contributed by atoms with Crippen LogP contribution in [0.4, 0.5) is 0 Å². The Labute approximate surface area is 96.9 Å². The van der Waals surface area contributed by atoms with E-state index in [0.717, 1.165) is 0 Å². The van der Waals surface area contributed by atoms with E-state index in [-0.39, 0.29) is 19.0 Å². The Morgan fingerprint density at radius 2 is 2.06 bits per heavy atom. The van der Waals surface area contributed by atoms with Gasteiger partial charge in [0, 0.05) is 6.54 Å². The maximum absolute atomic E-state index is 10.7. The molecule has 8 N–H and O–H groups in total. The molecule has 0 saturated carbocycles. The van der Waals surface area contributed by atoms with Crippen LogP contribution >= 0.6 is 7.82 Å². The van der Waals surface area contributed by atoms with Crippen molar-refractivity contribution in [2.45, 2.75) is 6.04 Å². The van der Waals surface area contributed by atoms with E-state index in [4.69, 9.17) is 26.4 Å². The number of aliphatic carboxylic acids is 1. The van der Waals surface area contributed by atoms with Crippen molar-refractivity contribution in [2.75, 3.05) is 19.7 Å². The number of hydrogen-bond donors (Lipinski definition) is 6. The molecule has 100 valence electrons. The van der Waals surface area contributed by atoms with Crippen LogP contribution in [0.25, 0.3) is 0 Å². The number of carboxylic acid groups (broad SMARTS) is 1. The highest BCUT2D eigenvalue weighted by Crippen LogP contribution is 2.35. The number of hydrogen-bond acceptors (Lipinski definition) is 5. The molecule has 0 aliphatic rings. The van der Waals surface area contributed by atoms with Crippen molar-refractivity contribution >= 4 is 19.8 Å². The molecule has 0 bridgehead atoms. The third kappa shape index (κ3) is 9.72. The summed E-state index contributed by atoms with van der Waals surface area (Å²) in [4.78, 5) is 31.1. The highest BCUT2D eigenvalue weighted by Gasteiger charge is 2.22. The van der Waals surface area contributed by atoms with Gasteiger partial charge < -0.3 is 31.7 Å². The smallest absolute Gasteiger partial charge is 0.469 e. The van der Waals surface area contributed by atoms with Gasteiger partial charge in [0.25, 0.3) is 0 Å². The highest BCUT2D eigenvalue weighted by atomic mass is 31.2. The molecule has 0 aliphatic heterocycles. The third-order valence-corrected chi connectivity index (χ3v) is 1.99. The number of guanidine groups is 1. The third-order valence-electron chi connectivity index (χ3n) is 1.50. The lowest BCUT2D eigenvalue weighted by molar-refractivity contribution is -0.140. The van der Waals surface area contributed by atoms with E-state index >= 15 is 0 Å². The first-order valence-electron chi connectivity index (χ1n) is 4.44. The molecule has 17 heavy (non-hydrogen) atoms. The number of nitrogens with one attached hydrogen (secondary N) is 1. The molecule has 10 nitrogen and oxygen atoms in total. The molecular weight excluding hydrogens is 255 g/mol. The summed E-state index contributed by atoms with van der Waals surface area (Å²) in [7, 11) is -4.68. The van der Waals surface area contributed by atoms with Gasteiger partial charge in [-0.1, -0.05) is 0 Å². The minimum absolute atomic E-state index is 0.124. The van der Waals surface area contributed by atoms with Crippen LogP contribution in [0.2, 0.25) is 0 Å². The van der Waals surface area contributed by atoms with Crippen LogP contribution in [-0.4, -0.2) is 52.6 Å². The fourth-order valence-corrected chi connectivity index (χ4v) is 1.16. The predicted molar refractivity (Wildman–Crippen MR) is 58.1 cm³/mol. The number of carbonyl (C=O) groups is 1. The number of phosphoric acid groups is 1. The summed E-state index contributed by atoms with van der Waals surface area (Å²) in [6.07, 6.45) is 0. The first-order chi connectivity index (χ1) is 7.72. The number of carboxylic acids is 1. The van der Waals surface area contributed by atoms with E-state index in [1.165, 1.54) is 0 Å². The van der Waals surface area contributed by atoms with Gasteiger partial charge in [0.1, 0.15) is 6.04 Å². The summed E-state index contributed by atoms with van der Waals surface area (Å²) in [6.45, 7) is -0.400. The number of aliphatic imine (C=N–C) groups is 1. The maximum Gasteiger partial charge on any atom is 0.469 e. The van der Waals surface area contributed by atoms with Gasteiger partial charge in [0.15, 0.2) is 5.96 Å². The average Bonchev–Trinajstić information content (AvgIpc) is 2.13. The van der Waals surface area contributed by atoms with E-state index < -0.39 is 26.4 Å².